The minimum absolute atomic E-state index is 0.00185. The number of rotatable bonds is 2. The SMILES string of the molecule is C=Cc1ccc2c3c(ccc2c1)CC(c1cc(F)c(F)c(F)c1)CC3. The number of benzene rings is 3. The van der Waals surface area contributed by atoms with Gasteiger partial charge in [-0.3, -0.25) is 0 Å². The lowest BCUT2D eigenvalue weighted by molar-refractivity contribution is 0.441. The van der Waals surface area contributed by atoms with Gasteiger partial charge in [-0.2, -0.15) is 0 Å². The Morgan fingerprint density at radius 1 is 0.960 bits per heavy atom. The molecule has 126 valence electrons. The molecule has 0 radical (unpaired) electrons. The van der Waals surface area contributed by atoms with Crippen molar-refractivity contribution < 1.29 is 13.2 Å². The first-order chi connectivity index (χ1) is 12.1. The van der Waals surface area contributed by atoms with Crippen LogP contribution in [0.3, 0.4) is 0 Å². The van der Waals surface area contributed by atoms with Crippen LogP contribution in [-0.2, 0) is 12.8 Å². The Morgan fingerprint density at radius 2 is 1.72 bits per heavy atom. The maximum atomic E-state index is 13.5. The van der Waals surface area contributed by atoms with Gasteiger partial charge in [0.25, 0.3) is 0 Å². The second-order valence-electron chi connectivity index (χ2n) is 6.63. The molecule has 3 aromatic carbocycles. The van der Waals surface area contributed by atoms with Crippen molar-refractivity contribution in [1.29, 1.82) is 0 Å². The summed E-state index contributed by atoms with van der Waals surface area (Å²) in [7, 11) is 0. The van der Waals surface area contributed by atoms with E-state index in [1.807, 2.05) is 12.1 Å². The van der Waals surface area contributed by atoms with Gasteiger partial charge in [-0.15, -0.1) is 0 Å². The van der Waals surface area contributed by atoms with Crippen molar-refractivity contribution >= 4 is 16.8 Å². The molecule has 25 heavy (non-hydrogen) atoms. The lowest BCUT2D eigenvalue weighted by Crippen LogP contribution is -2.14. The Kier molecular flexibility index (Phi) is 3.87. The predicted octanol–water partition coefficient (Wildman–Crippen LogP) is 6.17. The summed E-state index contributed by atoms with van der Waals surface area (Å²) in [6.07, 6.45) is 4.16. The van der Waals surface area contributed by atoms with Crippen LogP contribution in [0.25, 0.3) is 16.8 Å². The zero-order valence-electron chi connectivity index (χ0n) is 13.7. The molecule has 0 bridgehead atoms. The first-order valence-electron chi connectivity index (χ1n) is 8.38. The summed E-state index contributed by atoms with van der Waals surface area (Å²) in [6.45, 7) is 3.80. The molecule has 0 heterocycles. The van der Waals surface area contributed by atoms with Crippen molar-refractivity contribution in [2.24, 2.45) is 0 Å². The summed E-state index contributed by atoms with van der Waals surface area (Å²) >= 11 is 0. The lowest BCUT2D eigenvalue weighted by atomic mass is 9.78. The Balaban J connectivity index is 1.72. The first-order valence-corrected chi connectivity index (χ1v) is 8.38. The van der Waals surface area contributed by atoms with Crippen LogP contribution in [0.4, 0.5) is 13.2 Å². The quantitative estimate of drug-likeness (QED) is 0.490. The monoisotopic (exact) mass is 338 g/mol. The molecule has 0 fully saturated rings. The van der Waals surface area contributed by atoms with E-state index in [0.717, 1.165) is 30.5 Å². The van der Waals surface area contributed by atoms with Crippen molar-refractivity contribution in [1.82, 2.24) is 0 Å². The number of hydrogen-bond acceptors (Lipinski definition) is 0. The van der Waals surface area contributed by atoms with Crippen LogP contribution in [-0.4, -0.2) is 0 Å². The molecular formula is C22H17F3. The van der Waals surface area contributed by atoms with Crippen LogP contribution in [0.5, 0.6) is 0 Å². The fraction of sp³-hybridized carbons (Fsp3) is 0.182. The molecule has 1 atom stereocenters. The van der Waals surface area contributed by atoms with Crippen LogP contribution in [0.2, 0.25) is 0 Å². The zero-order valence-corrected chi connectivity index (χ0v) is 13.7. The highest BCUT2D eigenvalue weighted by Gasteiger charge is 2.23. The largest absolute Gasteiger partial charge is 0.204 e. The van der Waals surface area contributed by atoms with E-state index >= 15 is 0 Å². The molecular weight excluding hydrogens is 321 g/mol. The van der Waals surface area contributed by atoms with Crippen molar-refractivity contribution in [3.8, 4) is 0 Å². The molecule has 0 spiro atoms. The maximum absolute atomic E-state index is 13.5. The molecule has 1 unspecified atom stereocenters. The van der Waals surface area contributed by atoms with Crippen LogP contribution < -0.4 is 0 Å². The van der Waals surface area contributed by atoms with Gasteiger partial charge < -0.3 is 0 Å². The molecule has 0 aromatic heterocycles. The lowest BCUT2D eigenvalue weighted by Gasteiger charge is -2.26. The van der Waals surface area contributed by atoms with Gasteiger partial charge in [0, 0.05) is 0 Å². The fourth-order valence-electron chi connectivity index (χ4n) is 3.85. The third-order valence-electron chi connectivity index (χ3n) is 5.17. The molecule has 4 rings (SSSR count). The summed E-state index contributed by atoms with van der Waals surface area (Å²) in [5.74, 6) is -3.63. The summed E-state index contributed by atoms with van der Waals surface area (Å²) in [5.41, 5.74) is 4.11. The molecule has 3 aromatic rings. The smallest absolute Gasteiger partial charge is 0.194 e. The van der Waals surface area contributed by atoms with Crippen molar-refractivity contribution in [2.75, 3.05) is 0 Å². The highest BCUT2D eigenvalue weighted by atomic mass is 19.2. The average molecular weight is 338 g/mol. The number of fused-ring (bicyclic) bond motifs is 3. The molecule has 0 aliphatic heterocycles. The van der Waals surface area contributed by atoms with Gasteiger partial charge in [-0.1, -0.05) is 36.9 Å². The Morgan fingerprint density at radius 3 is 2.44 bits per heavy atom. The summed E-state index contributed by atoms with van der Waals surface area (Å²) in [6, 6.07) is 12.7. The summed E-state index contributed by atoms with van der Waals surface area (Å²) in [4.78, 5) is 0. The molecule has 0 amide bonds. The molecule has 1 aliphatic rings. The van der Waals surface area contributed by atoms with Crippen LogP contribution in [0.1, 0.15) is 34.6 Å². The molecule has 3 heteroatoms. The Bertz CT molecular complexity index is 965. The van der Waals surface area contributed by atoms with Crippen LogP contribution >= 0.6 is 0 Å². The van der Waals surface area contributed by atoms with E-state index in [1.54, 1.807) is 0 Å². The third kappa shape index (κ3) is 2.74. The maximum Gasteiger partial charge on any atom is 0.194 e. The minimum Gasteiger partial charge on any atom is -0.204 e. The average Bonchev–Trinajstić information content (AvgIpc) is 2.64. The van der Waals surface area contributed by atoms with E-state index in [2.05, 4.69) is 30.8 Å². The van der Waals surface area contributed by atoms with Gasteiger partial charge in [0.1, 0.15) is 0 Å². The van der Waals surface area contributed by atoms with Crippen molar-refractivity contribution in [3.63, 3.8) is 0 Å². The van der Waals surface area contributed by atoms with Gasteiger partial charge in [0.2, 0.25) is 0 Å². The third-order valence-corrected chi connectivity index (χ3v) is 5.17. The zero-order chi connectivity index (χ0) is 17.6. The molecule has 0 saturated heterocycles. The van der Waals surface area contributed by atoms with Gasteiger partial charge in [0.05, 0.1) is 0 Å². The van der Waals surface area contributed by atoms with Gasteiger partial charge in [-0.25, -0.2) is 13.2 Å². The van der Waals surface area contributed by atoms with E-state index < -0.39 is 17.5 Å². The van der Waals surface area contributed by atoms with Gasteiger partial charge in [-0.05, 0) is 76.4 Å². The topological polar surface area (TPSA) is 0 Å². The van der Waals surface area contributed by atoms with Crippen molar-refractivity contribution in [3.05, 3.63) is 88.7 Å². The molecule has 0 nitrogen and oxygen atoms in total. The number of hydrogen-bond donors (Lipinski definition) is 0. The fourth-order valence-corrected chi connectivity index (χ4v) is 3.85. The second kappa shape index (κ2) is 6.07. The molecule has 1 aliphatic carbocycles. The Hall–Kier alpha value is -2.55. The second-order valence-corrected chi connectivity index (χ2v) is 6.63. The van der Waals surface area contributed by atoms with E-state index in [-0.39, 0.29) is 5.92 Å². The highest BCUT2D eigenvalue weighted by molar-refractivity contribution is 5.88. The van der Waals surface area contributed by atoms with E-state index in [9.17, 15) is 13.2 Å². The summed E-state index contributed by atoms with van der Waals surface area (Å²) < 4.78 is 40.3. The number of halogens is 3. The normalized spacial score (nSPS) is 16.7. The standard InChI is InChI=1S/C22H17F3/c1-2-13-3-7-18-15(9-13)4-5-16-10-14(6-8-19(16)18)17-11-20(23)22(25)21(24)12-17/h2-5,7,9,11-12,14H,1,6,8,10H2. The van der Waals surface area contributed by atoms with E-state index in [0.29, 0.717) is 12.0 Å². The highest BCUT2D eigenvalue weighted by Crippen LogP contribution is 2.37. The molecule has 0 N–H and O–H groups in total. The van der Waals surface area contributed by atoms with E-state index in [4.69, 9.17) is 0 Å². The first kappa shape index (κ1) is 15.9. The van der Waals surface area contributed by atoms with Crippen LogP contribution in [0.15, 0.2) is 49.0 Å². The van der Waals surface area contributed by atoms with Gasteiger partial charge >= 0.3 is 0 Å². The van der Waals surface area contributed by atoms with E-state index in [1.165, 1.54) is 21.9 Å². The van der Waals surface area contributed by atoms with Crippen molar-refractivity contribution in [2.45, 2.75) is 25.2 Å². The summed E-state index contributed by atoms with van der Waals surface area (Å²) in [5, 5.41) is 2.39. The predicted molar refractivity (Wildman–Crippen MR) is 95.1 cm³/mol. The Labute approximate surface area is 144 Å². The number of aryl methyl sites for hydroxylation is 1. The molecule has 0 saturated carbocycles. The minimum atomic E-state index is -1.40. The van der Waals surface area contributed by atoms with Crippen LogP contribution in [0, 0.1) is 17.5 Å². The van der Waals surface area contributed by atoms with Gasteiger partial charge in [0.15, 0.2) is 17.5 Å².